The van der Waals surface area contributed by atoms with Crippen LogP contribution in [0.1, 0.15) is 12.5 Å². The molecule has 0 amide bonds. The highest BCUT2D eigenvalue weighted by atomic mass is 19.1. The number of halogens is 1. The SMILES string of the molecule is CCOc1cc(Nc2cccc(C#N)c2)c(N)cc1F. The lowest BCUT2D eigenvalue weighted by atomic mass is 10.2. The fraction of sp³-hybridized carbons (Fsp3) is 0.133. The smallest absolute Gasteiger partial charge is 0.167 e. The summed E-state index contributed by atoms with van der Waals surface area (Å²) in [7, 11) is 0. The zero-order chi connectivity index (χ0) is 14.5. The second-order valence-corrected chi connectivity index (χ2v) is 4.12. The van der Waals surface area contributed by atoms with Crippen LogP contribution < -0.4 is 15.8 Å². The number of hydrogen-bond acceptors (Lipinski definition) is 4. The molecule has 2 rings (SSSR count). The molecule has 3 N–H and O–H groups in total. The van der Waals surface area contributed by atoms with Crippen LogP contribution in [0.25, 0.3) is 0 Å². The van der Waals surface area contributed by atoms with Crippen LogP contribution in [-0.2, 0) is 0 Å². The zero-order valence-corrected chi connectivity index (χ0v) is 11.0. The molecular weight excluding hydrogens is 257 g/mol. The van der Waals surface area contributed by atoms with Crippen molar-refractivity contribution >= 4 is 17.1 Å². The second kappa shape index (κ2) is 5.93. The van der Waals surface area contributed by atoms with E-state index in [2.05, 4.69) is 11.4 Å². The summed E-state index contributed by atoms with van der Waals surface area (Å²) < 4.78 is 18.8. The lowest BCUT2D eigenvalue weighted by Gasteiger charge is -2.12. The Morgan fingerprint density at radius 2 is 2.15 bits per heavy atom. The van der Waals surface area contributed by atoms with Crippen molar-refractivity contribution in [1.82, 2.24) is 0 Å². The third kappa shape index (κ3) is 2.98. The topological polar surface area (TPSA) is 71.1 Å². The molecule has 0 saturated carbocycles. The van der Waals surface area contributed by atoms with Crippen LogP contribution in [0.3, 0.4) is 0 Å². The molecule has 20 heavy (non-hydrogen) atoms. The number of ether oxygens (including phenoxy) is 1. The van der Waals surface area contributed by atoms with Crippen molar-refractivity contribution < 1.29 is 9.13 Å². The van der Waals surface area contributed by atoms with Crippen LogP contribution in [0.5, 0.6) is 5.75 Å². The quantitative estimate of drug-likeness (QED) is 0.836. The van der Waals surface area contributed by atoms with Gasteiger partial charge in [0.25, 0.3) is 0 Å². The predicted molar refractivity (Wildman–Crippen MR) is 76.4 cm³/mol. The molecular formula is C15H14FN3O. The molecule has 0 heterocycles. The molecule has 0 unspecified atom stereocenters. The van der Waals surface area contributed by atoms with Gasteiger partial charge in [0, 0.05) is 17.8 Å². The number of anilines is 3. The summed E-state index contributed by atoms with van der Waals surface area (Å²) in [5, 5.41) is 11.9. The van der Waals surface area contributed by atoms with E-state index in [0.717, 1.165) is 0 Å². The molecule has 2 aromatic rings. The Hall–Kier alpha value is -2.74. The van der Waals surface area contributed by atoms with E-state index < -0.39 is 5.82 Å². The average Bonchev–Trinajstić information content (AvgIpc) is 2.44. The third-order valence-corrected chi connectivity index (χ3v) is 2.67. The molecule has 0 fully saturated rings. The van der Waals surface area contributed by atoms with Crippen molar-refractivity contribution in [1.29, 1.82) is 5.26 Å². The van der Waals surface area contributed by atoms with E-state index in [1.165, 1.54) is 12.1 Å². The van der Waals surface area contributed by atoms with Gasteiger partial charge in [-0.05, 0) is 25.1 Å². The van der Waals surface area contributed by atoms with Crippen molar-refractivity contribution in [2.24, 2.45) is 0 Å². The predicted octanol–water partition coefficient (Wildman–Crippen LogP) is 3.42. The standard InChI is InChI=1S/C15H14FN3O/c1-2-20-15-8-14(13(18)7-12(15)16)19-11-5-3-4-10(6-11)9-17/h3-8,19H,2,18H2,1H3. The summed E-state index contributed by atoms with van der Waals surface area (Å²) in [6.45, 7) is 2.14. The number of nitrogens with zero attached hydrogens (tertiary/aromatic N) is 1. The first-order chi connectivity index (χ1) is 9.63. The lowest BCUT2D eigenvalue weighted by Crippen LogP contribution is -2.01. The first kappa shape index (κ1) is 13.7. The number of rotatable bonds is 4. The molecule has 0 aliphatic rings. The van der Waals surface area contributed by atoms with Crippen molar-refractivity contribution in [3.63, 3.8) is 0 Å². The molecule has 0 aliphatic carbocycles. The van der Waals surface area contributed by atoms with Gasteiger partial charge in [-0.15, -0.1) is 0 Å². The van der Waals surface area contributed by atoms with E-state index in [0.29, 0.717) is 23.5 Å². The first-order valence-electron chi connectivity index (χ1n) is 6.13. The van der Waals surface area contributed by atoms with Gasteiger partial charge in [-0.2, -0.15) is 5.26 Å². The minimum Gasteiger partial charge on any atom is -0.491 e. The van der Waals surface area contributed by atoms with Crippen LogP contribution in [0.4, 0.5) is 21.5 Å². The maximum absolute atomic E-state index is 13.6. The molecule has 2 aromatic carbocycles. The van der Waals surface area contributed by atoms with Gasteiger partial charge >= 0.3 is 0 Å². The zero-order valence-electron chi connectivity index (χ0n) is 11.0. The van der Waals surface area contributed by atoms with Crippen molar-refractivity contribution in [3.8, 4) is 11.8 Å². The Labute approximate surface area is 116 Å². The summed E-state index contributed by atoms with van der Waals surface area (Å²) in [5.74, 6) is -0.360. The largest absolute Gasteiger partial charge is 0.491 e. The fourth-order valence-corrected chi connectivity index (χ4v) is 1.77. The molecule has 0 saturated heterocycles. The van der Waals surface area contributed by atoms with Crippen molar-refractivity contribution in [2.75, 3.05) is 17.7 Å². The molecule has 0 aromatic heterocycles. The van der Waals surface area contributed by atoms with Gasteiger partial charge in [0.1, 0.15) is 0 Å². The minimum atomic E-state index is -0.499. The number of nitrogens with one attached hydrogen (secondary N) is 1. The van der Waals surface area contributed by atoms with E-state index in [1.54, 1.807) is 31.2 Å². The van der Waals surface area contributed by atoms with E-state index >= 15 is 0 Å². The second-order valence-electron chi connectivity index (χ2n) is 4.12. The summed E-state index contributed by atoms with van der Waals surface area (Å²) in [6.07, 6.45) is 0. The van der Waals surface area contributed by atoms with Crippen LogP contribution in [0, 0.1) is 17.1 Å². The molecule has 0 atom stereocenters. The number of nitriles is 1. The Kier molecular flexibility index (Phi) is 4.06. The van der Waals surface area contributed by atoms with Gasteiger partial charge in [0.15, 0.2) is 11.6 Å². The van der Waals surface area contributed by atoms with Gasteiger partial charge in [0.05, 0.1) is 29.6 Å². The highest BCUT2D eigenvalue weighted by molar-refractivity contribution is 5.74. The molecule has 0 bridgehead atoms. The lowest BCUT2D eigenvalue weighted by molar-refractivity contribution is 0.322. The van der Waals surface area contributed by atoms with E-state index in [4.69, 9.17) is 15.7 Å². The van der Waals surface area contributed by atoms with E-state index in [-0.39, 0.29) is 11.4 Å². The van der Waals surface area contributed by atoms with E-state index in [9.17, 15) is 4.39 Å². The van der Waals surface area contributed by atoms with Crippen LogP contribution >= 0.6 is 0 Å². The normalized spacial score (nSPS) is 9.85. The van der Waals surface area contributed by atoms with Crippen LogP contribution in [0.2, 0.25) is 0 Å². The maximum Gasteiger partial charge on any atom is 0.167 e. The first-order valence-corrected chi connectivity index (χ1v) is 6.13. The van der Waals surface area contributed by atoms with Crippen LogP contribution in [0.15, 0.2) is 36.4 Å². The highest BCUT2D eigenvalue weighted by Gasteiger charge is 2.09. The summed E-state index contributed by atoms with van der Waals surface area (Å²) in [5.41, 5.74) is 7.81. The maximum atomic E-state index is 13.6. The molecule has 5 heteroatoms. The Morgan fingerprint density at radius 3 is 2.85 bits per heavy atom. The average molecular weight is 271 g/mol. The van der Waals surface area contributed by atoms with Gasteiger partial charge in [0.2, 0.25) is 0 Å². The Bertz CT molecular complexity index is 665. The molecule has 0 aliphatic heterocycles. The monoisotopic (exact) mass is 271 g/mol. The number of benzene rings is 2. The summed E-state index contributed by atoms with van der Waals surface area (Å²) in [6, 6.07) is 11.7. The highest BCUT2D eigenvalue weighted by Crippen LogP contribution is 2.30. The van der Waals surface area contributed by atoms with Crippen molar-refractivity contribution in [2.45, 2.75) is 6.92 Å². The molecule has 0 radical (unpaired) electrons. The Morgan fingerprint density at radius 1 is 1.35 bits per heavy atom. The molecule has 102 valence electrons. The van der Waals surface area contributed by atoms with Gasteiger partial charge in [-0.25, -0.2) is 4.39 Å². The number of hydrogen-bond donors (Lipinski definition) is 2. The summed E-state index contributed by atoms with van der Waals surface area (Å²) >= 11 is 0. The van der Waals surface area contributed by atoms with E-state index in [1.807, 2.05) is 0 Å². The van der Waals surface area contributed by atoms with Crippen molar-refractivity contribution in [3.05, 3.63) is 47.8 Å². The third-order valence-electron chi connectivity index (χ3n) is 2.67. The van der Waals surface area contributed by atoms with Crippen LogP contribution in [-0.4, -0.2) is 6.61 Å². The van der Waals surface area contributed by atoms with Gasteiger partial charge < -0.3 is 15.8 Å². The van der Waals surface area contributed by atoms with Gasteiger partial charge in [-0.3, -0.25) is 0 Å². The summed E-state index contributed by atoms with van der Waals surface area (Å²) in [4.78, 5) is 0. The molecule has 0 spiro atoms. The van der Waals surface area contributed by atoms with Gasteiger partial charge in [-0.1, -0.05) is 6.07 Å². The Balaban J connectivity index is 2.33. The fourth-order valence-electron chi connectivity index (χ4n) is 1.77. The number of nitrogen functional groups attached to an aromatic ring is 1. The minimum absolute atomic E-state index is 0.139. The molecule has 4 nitrogen and oxygen atoms in total. The number of nitrogens with two attached hydrogens (primary N) is 1.